The summed E-state index contributed by atoms with van der Waals surface area (Å²) in [5.74, 6) is -4.02. The average molecular weight is 677 g/mol. The summed E-state index contributed by atoms with van der Waals surface area (Å²) in [5.41, 5.74) is 5.73. The molecule has 7 nitrogen and oxygen atoms in total. The van der Waals surface area contributed by atoms with Gasteiger partial charge in [0.15, 0.2) is 6.04 Å². The molecule has 0 aromatic heterocycles. The number of likely N-dealkylation sites (N-methyl/N-ethyl adjacent to an activating group) is 1. The summed E-state index contributed by atoms with van der Waals surface area (Å²) in [6.45, 7) is 0. The van der Waals surface area contributed by atoms with E-state index in [2.05, 4.69) is 15.9 Å². The first-order chi connectivity index (χ1) is 20.4. The van der Waals surface area contributed by atoms with Crippen LogP contribution in [0.5, 0.6) is 5.75 Å². The van der Waals surface area contributed by atoms with Crippen molar-refractivity contribution >= 4 is 42.6 Å². The summed E-state index contributed by atoms with van der Waals surface area (Å²) in [5, 5.41) is 1.39. The topological polar surface area (TPSA) is 92.9 Å². The Bertz CT molecular complexity index is 1620. The van der Waals surface area contributed by atoms with E-state index in [0.717, 1.165) is 38.1 Å². The maximum Gasteiger partial charge on any atom is 0.298 e. The summed E-state index contributed by atoms with van der Waals surface area (Å²) in [7, 11) is -3.46. The van der Waals surface area contributed by atoms with Gasteiger partial charge in [0.2, 0.25) is 15.9 Å². The minimum Gasteiger partial charge on any atom is -0.490 e. The van der Waals surface area contributed by atoms with Crippen molar-refractivity contribution in [3.8, 4) is 5.75 Å². The molecule has 1 aliphatic carbocycles. The number of piperidine rings is 1. The molecule has 0 radical (unpaired) electrons. The number of carbonyl (C=O) groups is 1. The fraction of sp³-hybridized carbons (Fsp3) is 0.469. The number of sulfonamides is 1. The van der Waals surface area contributed by atoms with Crippen LogP contribution in [0.2, 0.25) is 0 Å². The zero-order valence-electron chi connectivity index (χ0n) is 24.0. The molecule has 6 rings (SSSR count). The van der Waals surface area contributed by atoms with Crippen LogP contribution in [0.4, 0.5) is 8.78 Å². The second-order valence-corrected chi connectivity index (χ2v) is 15.0. The summed E-state index contributed by atoms with van der Waals surface area (Å²) >= 11 is 3.24. The number of nitrogens with two attached hydrogens (primary N) is 1. The monoisotopic (exact) mass is 675 g/mol. The lowest BCUT2D eigenvalue weighted by Gasteiger charge is -2.42. The Morgan fingerprint density at radius 2 is 1.65 bits per heavy atom. The third-order valence-electron chi connectivity index (χ3n) is 9.24. The van der Waals surface area contributed by atoms with Gasteiger partial charge in [-0.05, 0) is 98.5 Å². The minimum atomic E-state index is -4.53. The van der Waals surface area contributed by atoms with Crippen LogP contribution in [0.3, 0.4) is 0 Å². The van der Waals surface area contributed by atoms with Gasteiger partial charge in [-0.2, -0.15) is 13.1 Å². The Hall–Kier alpha value is -2.60. The Labute approximate surface area is 259 Å². The smallest absolute Gasteiger partial charge is 0.298 e. The number of amides is 1. The molecule has 11 heteroatoms. The van der Waals surface area contributed by atoms with Crippen LogP contribution in [0, 0.1) is 0 Å². The number of ether oxygens (including phenoxy) is 1. The fourth-order valence-electron chi connectivity index (χ4n) is 7.05. The van der Waals surface area contributed by atoms with Crippen LogP contribution in [0.25, 0.3) is 10.8 Å². The van der Waals surface area contributed by atoms with Crippen molar-refractivity contribution in [2.24, 2.45) is 5.73 Å². The van der Waals surface area contributed by atoms with Crippen LogP contribution >= 0.6 is 15.9 Å². The summed E-state index contributed by atoms with van der Waals surface area (Å²) in [6, 6.07) is 12.4. The van der Waals surface area contributed by atoms with E-state index >= 15 is 8.78 Å². The molecule has 3 aromatic carbocycles. The van der Waals surface area contributed by atoms with Crippen LogP contribution < -0.4 is 10.5 Å². The molecular weight excluding hydrogens is 640 g/mol. The van der Waals surface area contributed by atoms with Crippen LogP contribution in [0.15, 0.2) is 70.0 Å². The lowest BCUT2D eigenvalue weighted by atomic mass is 9.94. The number of carbonyl (C=O) groups excluding carboxylic acids is 1. The van der Waals surface area contributed by atoms with Gasteiger partial charge in [-0.3, -0.25) is 4.79 Å². The number of halogens is 3. The Balaban J connectivity index is 1.36. The van der Waals surface area contributed by atoms with E-state index in [9.17, 15) is 13.2 Å². The van der Waals surface area contributed by atoms with E-state index in [1.165, 1.54) is 35.2 Å². The highest BCUT2D eigenvalue weighted by Gasteiger charge is 2.56. The van der Waals surface area contributed by atoms with E-state index in [-0.39, 0.29) is 29.1 Å². The predicted molar refractivity (Wildman–Crippen MR) is 164 cm³/mol. The second-order valence-electron chi connectivity index (χ2n) is 12.1. The van der Waals surface area contributed by atoms with Crippen LogP contribution in [0.1, 0.15) is 56.9 Å². The van der Waals surface area contributed by atoms with Gasteiger partial charge in [-0.25, -0.2) is 8.42 Å². The molecule has 2 heterocycles. The molecule has 3 atom stereocenters. The van der Waals surface area contributed by atoms with Gasteiger partial charge < -0.3 is 15.4 Å². The Morgan fingerprint density at radius 1 is 1.00 bits per heavy atom. The van der Waals surface area contributed by atoms with Crippen molar-refractivity contribution in [1.29, 1.82) is 0 Å². The first-order valence-electron chi connectivity index (χ1n) is 14.9. The van der Waals surface area contributed by atoms with E-state index in [1.54, 1.807) is 24.3 Å². The third-order valence-corrected chi connectivity index (χ3v) is 11.6. The van der Waals surface area contributed by atoms with Crippen molar-refractivity contribution in [2.75, 3.05) is 7.05 Å². The first-order valence-corrected chi connectivity index (χ1v) is 17.1. The maximum atomic E-state index is 16.5. The summed E-state index contributed by atoms with van der Waals surface area (Å²) in [4.78, 5) is 15.5. The molecule has 2 aliphatic heterocycles. The molecule has 0 spiro atoms. The molecule has 1 amide bonds. The SMILES string of the molecule is CN([C@@H](C(=O)N1C2CCC1CC(N)C2)C(F)(F)c1cccc(Br)c1)S(=O)(=O)c1ccc2cc(OC3CCCC3)ccc2c1. The number of rotatable bonds is 8. The summed E-state index contributed by atoms with van der Waals surface area (Å²) < 4.78 is 68.1. The predicted octanol–water partition coefficient (Wildman–Crippen LogP) is 6.19. The van der Waals surface area contributed by atoms with Gasteiger partial charge in [0.25, 0.3) is 5.92 Å². The zero-order chi connectivity index (χ0) is 30.5. The number of benzene rings is 3. The van der Waals surface area contributed by atoms with E-state index in [0.29, 0.717) is 45.6 Å². The van der Waals surface area contributed by atoms with E-state index in [1.807, 2.05) is 6.07 Å². The molecule has 1 saturated carbocycles. The van der Waals surface area contributed by atoms with Crippen molar-refractivity contribution < 1.29 is 26.7 Å². The molecule has 3 aromatic rings. The fourth-order valence-corrected chi connectivity index (χ4v) is 8.80. The first kappa shape index (κ1) is 30.4. The molecule has 2 N–H and O–H groups in total. The Kier molecular flexibility index (Phi) is 8.29. The van der Waals surface area contributed by atoms with Gasteiger partial charge in [-0.15, -0.1) is 0 Å². The van der Waals surface area contributed by atoms with Gasteiger partial charge in [0.1, 0.15) is 5.75 Å². The molecule has 2 saturated heterocycles. The molecule has 3 aliphatic rings. The number of alkyl halides is 2. The number of nitrogens with zero attached hydrogens (tertiary/aromatic N) is 2. The molecule has 230 valence electrons. The molecule has 3 fully saturated rings. The lowest BCUT2D eigenvalue weighted by Crippen LogP contribution is -2.61. The van der Waals surface area contributed by atoms with Crippen molar-refractivity contribution in [1.82, 2.24) is 9.21 Å². The zero-order valence-corrected chi connectivity index (χ0v) is 26.4. The number of hydrogen-bond donors (Lipinski definition) is 1. The quantitative estimate of drug-likeness (QED) is 0.308. The van der Waals surface area contributed by atoms with Crippen molar-refractivity contribution in [3.63, 3.8) is 0 Å². The normalized spacial score (nSPS) is 23.7. The minimum absolute atomic E-state index is 0.117. The van der Waals surface area contributed by atoms with E-state index in [4.69, 9.17) is 10.5 Å². The molecule has 43 heavy (non-hydrogen) atoms. The molecular formula is C32H36BrF2N3O4S. The van der Waals surface area contributed by atoms with Gasteiger partial charge in [0.05, 0.1) is 11.0 Å². The summed E-state index contributed by atoms with van der Waals surface area (Å²) in [6.07, 6.45) is 6.82. The molecule has 2 unspecified atom stereocenters. The highest BCUT2D eigenvalue weighted by atomic mass is 79.9. The molecule has 2 bridgehead atoms. The number of hydrogen-bond acceptors (Lipinski definition) is 5. The third kappa shape index (κ3) is 5.81. The standard InChI is InChI=1S/C32H36BrF2N3O4S/c1-37(43(40,41)29-14-10-20-15-28(13-9-21(20)16-29)42-27-7-2-3-8-27)30(32(34,35)22-5-4-6-23(33)17-22)31(39)38-25-11-12-26(38)19-24(36)18-25/h4-6,9-10,13-17,24-27,30H,2-3,7-8,11-12,18-19,36H2,1H3/t24?,25?,26?,30-/m0/s1. The lowest BCUT2D eigenvalue weighted by molar-refractivity contribution is -0.155. The van der Waals surface area contributed by atoms with Gasteiger partial charge >= 0.3 is 0 Å². The average Bonchev–Trinajstić information content (AvgIpc) is 3.58. The van der Waals surface area contributed by atoms with Gasteiger partial charge in [-0.1, -0.05) is 40.2 Å². The van der Waals surface area contributed by atoms with Crippen molar-refractivity contribution in [3.05, 3.63) is 70.7 Å². The van der Waals surface area contributed by atoms with Crippen LogP contribution in [-0.4, -0.2) is 60.8 Å². The largest absolute Gasteiger partial charge is 0.490 e. The second kappa shape index (κ2) is 11.7. The van der Waals surface area contributed by atoms with Crippen LogP contribution in [-0.2, 0) is 20.7 Å². The number of fused-ring (bicyclic) bond motifs is 3. The highest BCUT2D eigenvalue weighted by molar-refractivity contribution is 9.10. The highest BCUT2D eigenvalue weighted by Crippen LogP contribution is 2.42. The van der Waals surface area contributed by atoms with Gasteiger partial charge in [0, 0.05) is 35.2 Å². The Morgan fingerprint density at radius 3 is 2.33 bits per heavy atom. The van der Waals surface area contributed by atoms with Crippen molar-refractivity contribution in [2.45, 2.75) is 92.5 Å². The maximum absolute atomic E-state index is 16.5. The van der Waals surface area contributed by atoms with E-state index < -0.39 is 33.5 Å².